The standard InChI is InChI=1S/C16H15FN2O2/c1-21-16-8-11(6-7-15(16)20)14(9-18)19-10-12-4-2-3-5-13(12)17/h2-8,14,19-20H,10H2,1H3. The summed E-state index contributed by atoms with van der Waals surface area (Å²) in [4.78, 5) is 0. The number of rotatable bonds is 5. The minimum Gasteiger partial charge on any atom is -0.504 e. The molecule has 0 aliphatic heterocycles. The van der Waals surface area contributed by atoms with Gasteiger partial charge in [0.1, 0.15) is 11.9 Å². The molecule has 108 valence electrons. The van der Waals surface area contributed by atoms with E-state index in [0.29, 0.717) is 16.9 Å². The summed E-state index contributed by atoms with van der Waals surface area (Å²) in [5.41, 5.74) is 1.13. The third kappa shape index (κ3) is 3.50. The number of phenols is 1. The van der Waals surface area contributed by atoms with Crippen LogP contribution in [0.2, 0.25) is 0 Å². The zero-order chi connectivity index (χ0) is 15.2. The second-order valence-corrected chi connectivity index (χ2v) is 4.47. The summed E-state index contributed by atoms with van der Waals surface area (Å²) < 4.78 is 18.6. The quantitative estimate of drug-likeness (QED) is 0.887. The van der Waals surface area contributed by atoms with Gasteiger partial charge in [-0.15, -0.1) is 0 Å². The molecule has 0 aliphatic rings. The summed E-state index contributed by atoms with van der Waals surface area (Å²) in [6, 6.07) is 12.5. The van der Waals surface area contributed by atoms with Crippen LogP contribution in [0.4, 0.5) is 4.39 Å². The molecule has 2 rings (SSSR count). The molecule has 1 atom stereocenters. The molecule has 5 heteroatoms. The molecule has 0 spiro atoms. The molecule has 4 nitrogen and oxygen atoms in total. The molecule has 2 N–H and O–H groups in total. The van der Waals surface area contributed by atoms with E-state index in [1.165, 1.54) is 19.2 Å². The molecular weight excluding hydrogens is 271 g/mol. The monoisotopic (exact) mass is 286 g/mol. The first kappa shape index (κ1) is 14.8. The van der Waals surface area contributed by atoms with Crippen LogP contribution in [-0.4, -0.2) is 12.2 Å². The number of phenolic OH excluding ortho intramolecular Hbond substituents is 1. The lowest BCUT2D eigenvalue weighted by Crippen LogP contribution is -2.20. The highest BCUT2D eigenvalue weighted by Gasteiger charge is 2.13. The van der Waals surface area contributed by atoms with Gasteiger partial charge < -0.3 is 9.84 Å². The van der Waals surface area contributed by atoms with E-state index in [-0.39, 0.29) is 18.1 Å². The van der Waals surface area contributed by atoms with E-state index < -0.39 is 6.04 Å². The maximum atomic E-state index is 13.5. The fourth-order valence-corrected chi connectivity index (χ4v) is 1.97. The topological polar surface area (TPSA) is 65.3 Å². The highest BCUT2D eigenvalue weighted by molar-refractivity contribution is 5.43. The molecular formula is C16H15FN2O2. The Bertz CT molecular complexity index is 668. The molecule has 0 saturated heterocycles. The van der Waals surface area contributed by atoms with Crippen molar-refractivity contribution in [3.63, 3.8) is 0 Å². The molecule has 0 heterocycles. The lowest BCUT2D eigenvalue weighted by Gasteiger charge is -2.14. The maximum absolute atomic E-state index is 13.5. The van der Waals surface area contributed by atoms with E-state index in [0.717, 1.165) is 0 Å². The SMILES string of the molecule is COc1cc(C(C#N)NCc2ccccc2F)ccc1O. The van der Waals surface area contributed by atoms with Gasteiger partial charge in [0.2, 0.25) is 0 Å². The molecule has 0 saturated carbocycles. The fourth-order valence-electron chi connectivity index (χ4n) is 1.97. The molecule has 0 radical (unpaired) electrons. The summed E-state index contributed by atoms with van der Waals surface area (Å²) in [6.45, 7) is 0.230. The van der Waals surface area contributed by atoms with Gasteiger partial charge in [0, 0.05) is 12.1 Å². The molecule has 0 aliphatic carbocycles. The number of benzene rings is 2. The first-order valence-electron chi connectivity index (χ1n) is 6.39. The van der Waals surface area contributed by atoms with Crippen molar-refractivity contribution in [2.24, 2.45) is 0 Å². The number of hydrogen-bond acceptors (Lipinski definition) is 4. The van der Waals surface area contributed by atoms with Gasteiger partial charge in [0.05, 0.1) is 13.2 Å². The number of ether oxygens (including phenoxy) is 1. The molecule has 0 amide bonds. The lowest BCUT2D eigenvalue weighted by atomic mass is 10.1. The molecule has 0 fully saturated rings. The van der Waals surface area contributed by atoms with Gasteiger partial charge in [-0.05, 0) is 23.8 Å². The Morgan fingerprint density at radius 3 is 2.76 bits per heavy atom. The van der Waals surface area contributed by atoms with E-state index in [1.54, 1.807) is 30.3 Å². The molecule has 1 unspecified atom stereocenters. The van der Waals surface area contributed by atoms with Gasteiger partial charge in [0.25, 0.3) is 0 Å². The van der Waals surface area contributed by atoms with Crippen LogP contribution in [0.3, 0.4) is 0 Å². The highest BCUT2D eigenvalue weighted by atomic mass is 19.1. The van der Waals surface area contributed by atoms with Crippen LogP contribution < -0.4 is 10.1 Å². The molecule has 2 aromatic rings. The smallest absolute Gasteiger partial charge is 0.160 e. The third-order valence-corrected chi connectivity index (χ3v) is 3.12. The summed E-state index contributed by atoms with van der Waals surface area (Å²) in [5, 5.41) is 21.8. The number of nitriles is 1. The van der Waals surface area contributed by atoms with E-state index in [4.69, 9.17) is 4.74 Å². The van der Waals surface area contributed by atoms with Crippen molar-refractivity contribution in [1.29, 1.82) is 5.26 Å². The van der Waals surface area contributed by atoms with E-state index in [1.807, 2.05) is 0 Å². The molecule has 0 aromatic heterocycles. The number of aromatic hydroxyl groups is 1. The van der Waals surface area contributed by atoms with Crippen LogP contribution in [-0.2, 0) is 6.54 Å². The van der Waals surface area contributed by atoms with Crippen molar-refractivity contribution in [3.8, 4) is 17.6 Å². The van der Waals surface area contributed by atoms with Crippen LogP contribution >= 0.6 is 0 Å². The first-order valence-corrected chi connectivity index (χ1v) is 6.39. The van der Waals surface area contributed by atoms with Gasteiger partial charge in [-0.25, -0.2) is 4.39 Å². The van der Waals surface area contributed by atoms with E-state index >= 15 is 0 Å². The van der Waals surface area contributed by atoms with Gasteiger partial charge >= 0.3 is 0 Å². The van der Waals surface area contributed by atoms with Crippen LogP contribution in [0, 0.1) is 17.1 Å². The molecule has 2 aromatic carbocycles. The zero-order valence-corrected chi connectivity index (χ0v) is 11.5. The highest BCUT2D eigenvalue weighted by Crippen LogP contribution is 2.28. The average molecular weight is 286 g/mol. The van der Waals surface area contributed by atoms with Crippen molar-refractivity contribution in [2.75, 3.05) is 7.11 Å². The predicted molar refractivity (Wildman–Crippen MR) is 76.3 cm³/mol. The van der Waals surface area contributed by atoms with Crippen LogP contribution in [0.15, 0.2) is 42.5 Å². The second kappa shape index (κ2) is 6.73. The largest absolute Gasteiger partial charge is 0.504 e. The van der Waals surface area contributed by atoms with Gasteiger partial charge in [-0.2, -0.15) is 5.26 Å². The van der Waals surface area contributed by atoms with Crippen molar-refractivity contribution < 1.29 is 14.2 Å². The summed E-state index contributed by atoms with van der Waals surface area (Å²) in [6.07, 6.45) is 0. The minimum absolute atomic E-state index is 0.00652. The van der Waals surface area contributed by atoms with E-state index in [2.05, 4.69) is 11.4 Å². The summed E-state index contributed by atoms with van der Waals surface area (Å²) in [7, 11) is 1.44. The number of methoxy groups -OCH3 is 1. The van der Waals surface area contributed by atoms with Gasteiger partial charge in [-0.1, -0.05) is 24.3 Å². The lowest BCUT2D eigenvalue weighted by molar-refractivity contribution is 0.372. The minimum atomic E-state index is -0.626. The number of hydrogen-bond donors (Lipinski definition) is 2. The number of halogens is 1. The van der Waals surface area contributed by atoms with Crippen molar-refractivity contribution in [1.82, 2.24) is 5.32 Å². The van der Waals surface area contributed by atoms with Crippen LogP contribution in [0.5, 0.6) is 11.5 Å². The number of nitrogens with one attached hydrogen (secondary N) is 1. The van der Waals surface area contributed by atoms with Gasteiger partial charge in [0.15, 0.2) is 11.5 Å². The Hall–Kier alpha value is -2.58. The Morgan fingerprint density at radius 1 is 1.33 bits per heavy atom. The molecule has 21 heavy (non-hydrogen) atoms. The Morgan fingerprint density at radius 2 is 2.10 bits per heavy atom. The summed E-state index contributed by atoms with van der Waals surface area (Å²) >= 11 is 0. The van der Waals surface area contributed by atoms with Crippen molar-refractivity contribution >= 4 is 0 Å². The molecule has 0 bridgehead atoms. The Kier molecular flexibility index (Phi) is 4.75. The van der Waals surface area contributed by atoms with Crippen LogP contribution in [0.1, 0.15) is 17.2 Å². The normalized spacial score (nSPS) is 11.7. The maximum Gasteiger partial charge on any atom is 0.160 e. The van der Waals surface area contributed by atoms with Crippen molar-refractivity contribution in [2.45, 2.75) is 12.6 Å². The fraction of sp³-hybridized carbons (Fsp3) is 0.188. The predicted octanol–water partition coefficient (Wildman–Crippen LogP) is 2.89. The third-order valence-electron chi connectivity index (χ3n) is 3.12. The summed E-state index contributed by atoms with van der Waals surface area (Å²) in [5.74, 6) is -0.0162. The number of nitrogens with zero attached hydrogens (tertiary/aromatic N) is 1. The average Bonchev–Trinajstić information content (AvgIpc) is 2.51. The van der Waals surface area contributed by atoms with Crippen LogP contribution in [0.25, 0.3) is 0 Å². The Labute approximate surface area is 122 Å². The van der Waals surface area contributed by atoms with E-state index in [9.17, 15) is 14.8 Å². The van der Waals surface area contributed by atoms with Crippen molar-refractivity contribution in [3.05, 3.63) is 59.4 Å². The van der Waals surface area contributed by atoms with Gasteiger partial charge in [-0.3, -0.25) is 5.32 Å². The second-order valence-electron chi connectivity index (χ2n) is 4.47. The first-order chi connectivity index (χ1) is 10.2. The zero-order valence-electron chi connectivity index (χ0n) is 11.5. The Balaban J connectivity index is 2.14.